The van der Waals surface area contributed by atoms with Crippen molar-refractivity contribution in [3.8, 4) is 5.69 Å². The van der Waals surface area contributed by atoms with Crippen molar-refractivity contribution in [2.75, 3.05) is 31.5 Å². The van der Waals surface area contributed by atoms with Gasteiger partial charge in [-0.15, -0.1) is 0 Å². The van der Waals surface area contributed by atoms with Gasteiger partial charge in [0.15, 0.2) is 5.65 Å². The minimum absolute atomic E-state index is 0.0503. The fourth-order valence-corrected chi connectivity index (χ4v) is 3.12. The number of pyridine rings is 1. The molecule has 2 aromatic heterocycles. The van der Waals surface area contributed by atoms with Crippen LogP contribution in [-0.4, -0.2) is 45.6 Å². The van der Waals surface area contributed by atoms with Crippen LogP contribution in [-0.2, 0) is 0 Å². The minimum Gasteiger partial charge on any atom is -0.354 e. The molecule has 3 aromatic rings. The first-order valence-electron chi connectivity index (χ1n) is 9.46. The Balaban J connectivity index is 1.99. The Morgan fingerprint density at radius 1 is 1.03 bits per heavy atom. The van der Waals surface area contributed by atoms with Gasteiger partial charge in [-0.25, -0.2) is 8.78 Å². The van der Waals surface area contributed by atoms with Crippen LogP contribution >= 0.6 is 0 Å². The maximum Gasteiger partial charge on any atom is 0.256 e. The molecule has 0 saturated carbocycles. The third-order valence-electron chi connectivity index (χ3n) is 4.69. The zero-order valence-electron chi connectivity index (χ0n) is 16.3. The molecule has 29 heavy (non-hydrogen) atoms. The number of hydrogen-bond acceptors (Lipinski definition) is 5. The predicted octanol–water partition coefficient (Wildman–Crippen LogP) is 3.34. The predicted molar refractivity (Wildman–Crippen MR) is 106 cm³/mol. The van der Waals surface area contributed by atoms with Crippen LogP contribution in [0.25, 0.3) is 16.7 Å². The molecule has 1 N–H and O–H groups in total. The fourth-order valence-electron chi connectivity index (χ4n) is 3.12. The van der Waals surface area contributed by atoms with E-state index in [2.05, 4.69) is 34.0 Å². The maximum absolute atomic E-state index is 14.5. The number of anilines is 1. The topological polar surface area (TPSA) is 63.1 Å². The first-order valence-corrected chi connectivity index (χ1v) is 9.46. The average molecular weight is 405 g/mol. The van der Waals surface area contributed by atoms with E-state index in [1.807, 2.05) is 0 Å². The van der Waals surface area contributed by atoms with Crippen molar-refractivity contribution >= 4 is 17.0 Å². The number of fused-ring (bicyclic) bond motifs is 1. The van der Waals surface area contributed by atoms with Crippen LogP contribution in [0.4, 0.5) is 19.1 Å². The zero-order valence-corrected chi connectivity index (χ0v) is 16.3. The Morgan fingerprint density at radius 2 is 1.72 bits per heavy atom. The number of para-hydroxylation sites is 1. The minimum atomic E-state index is -0.952. The number of nitrogens with zero attached hydrogens (tertiary/aromatic N) is 4. The second kappa shape index (κ2) is 9.04. The third-order valence-corrected chi connectivity index (χ3v) is 4.69. The average Bonchev–Trinajstić information content (AvgIpc) is 2.69. The van der Waals surface area contributed by atoms with Crippen LogP contribution in [0.2, 0.25) is 0 Å². The van der Waals surface area contributed by atoms with E-state index >= 15 is 0 Å². The summed E-state index contributed by atoms with van der Waals surface area (Å²) in [6, 6.07) is 5.45. The van der Waals surface area contributed by atoms with Gasteiger partial charge in [-0.3, -0.25) is 9.36 Å². The summed E-state index contributed by atoms with van der Waals surface area (Å²) >= 11 is 0. The van der Waals surface area contributed by atoms with Crippen LogP contribution in [0.1, 0.15) is 20.3 Å². The molecule has 3 rings (SSSR count). The molecule has 0 aliphatic carbocycles. The molecule has 0 saturated heterocycles. The second-order valence-corrected chi connectivity index (χ2v) is 6.46. The Morgan fingerprint density at radius 3 is 2.38 bits per heavy atom. The van der Waals surface area contributed by atoms with Gasteiger partial charge in [0, 0.05) is 12.6 Å². The van der Waals surface area contributed by atoms with E-state index in [0.29, 0.717) is 6.54 Å². The van der Waals surface area contributed by atoms with E-state index in [0.717, 1.165) is 48.8 Å². The smallest absolute Gasteiger partial charge is 0.256 e. The van der Waals surface area contributed by atoms with Crippen molar-refractivity contribution in [2.24, 2.45) is 0 Å². The van der Waals surface area contributed by atoms with Crippen molar-refractivity contribution < 1.29 is 13.2 Å². The van der Waals surface area contributed by atoms with Gasteiger partial charge < -0.3 is 10.2 Å². The molecule has 0 amide bonds. The summed E-state index contributed by atoms with van der Waals surface area (Å²) in [6.45, 7) is 7.32. The van der Waals surface area contributed by atoms with Gasteiger partial charge in [-0.05, 0) is 44.3 Å². The molecule has 0 atom stereocenters. The lowest BCUT2D eigenvalue weighted by Gasteiger charge is -2.17. The number of rotatable bonds is 8. The Bertz CT molecular complexity index is 1050. The van der Waals surface area contributed by atoms with Crippen LogP contribution in [0.5, 0.6) is 0 Å². The molecular formula is C20H22F3N5O. The van der Waals surface area contributed by atoms with Gasteiger partial charge in [0.2, 0.25) is 11.9 Å². The summed E-state index contributed by atoms with van der Waals surface area (Å²) in [5.74, 6) is -2.84. The van der Waals surface area contributed by atoms with E-state index in [1.54, 1.807) is 0 Å². The molecule has 154 valence electrons. The highest BCUT2D eigenvalue weighted by atomic mass is 19.1. The van der Waals surface area contributed by atoms with Gasteiger partial charge in [0.25, 0.3) is 5.56 Å². The highest BCUT2D eigenvalue weighted by Gasteiger charge is 2.18. The van der Waals surface area contributed by atoms with E-state index in [-0.39, 0.29) is 17.0 Å². The molecule has 0 spiro atoms. The van der Waals surface area contributed by atoms with Gasteiger partial charge in [-0.1, -0.05) is 19.9 Å². The number of halogens is 3. The molecule has 0 aliphatic heterocycles. The van der Waals surface area contributed by atoms with E-state index < -0.39 is 28.8 Å². The van der Waals surface area contributed by atoms with Crippen molar-refractivity contribution in [3.05, 3.63) is 58.3 Å². The summed E-state index contributed by atoms with van der Waals surface area (Å²) in [4.78, 5) is 22.5. The van der Waals surface area contributed by atoms with Crippen molar-refractivity contribution in [1.82, 2.24) is 19.4 Å². The monoisotopic (exact) mass is 405 g/mol. The molecule has 1 aromatic carbocycles. The van der Waals surface area contributed by atoms with Crippen molar-refractivity contribution in [3.63, 3.8) is 0 Å². The first-order chi connectivity index (χ1) is 14.0. The second-order valence-electron chi connectivity index (χ2n) is 6.46. The summed E-state index contributed by atoms with van der Waals surface area (Å²) in [6.07, 6.45) is 0.772. The molecule has 0 unspecified atom stereocenters. The summed E-state index contributed by atoms with van der Waals surface area (Å²) in [5.41, 5.74) is -1.54. The summed E-state index contributed by atoms with van der Waals surface area (Å²) in [5, 5.41) is 2.81. The lowest BCUT2D eigenvalue weighted by atomic mass is 10.2. The molecule has 2 heterocycles. The Hall–Kier alpha value is -2.94. The molecule has 9 heteroatoms. The number of hydrogen-bond donors (Lipinski definition) is 1. The molecular weight excluding hydrogens is 383 g/mol. The van der Waals surface area contributed by atoms with E-state index in [9.17, 15) is 18.0 Å². The van der Waals surface area contributed by atoms with Crippen LogP contribution < -0.4 is 10.9 Å². The van der Waals surface area contributed by atoms with Crippen LogP contribution in [0.3, 0.4) is 0 Å². The third kappa shape index (κ3) is 4.40. The number of aromatic nitrogens is 3. The number of benzene rings is 1. The molecule has 0 fully saturated rings. The van der Waals surface area contributed by atoms with Crippen LogP contribution in [0, 0.1) is 17.6 Å². The molecule has 6 nitrogen and oxygen atoms in total. The fraction of sp³-hybridized carbons (Fsp3) is 0.350. The van der Waals surface area contributed by atoms with Crippen molar-refractivity contribution in [1.29, 1.82) is 0 Å². The van der Waals surface area contributed by atoms with Gasteiger partial charge in [-0.2, -0.15) is 14.4 Å². The van der Waals surface area contributed by atoms with Crippen LogP contribution in [0.15, 0.2) is 35.1 Å². The lowest BCUT2D eigenvalue weighted by Crippen LogP contribution is -2.25. The molecule has 0 bridgehead atoms. The highest BCUT2D eigenvalue weighted by molar-refractivity contribution is 5.77. The largest absolute Gasteiger partial charge is 0.354 e. The van der Waals surface area contributed by atoms with Crippen molar-refractivity contribution in [2.45, 2.75) is 20.3 Å². The lowest BCUT2D eigenvalue weighted by molar-refractivity contribution is 0.303. The quantitative estimate of drug-likeness (QED) is 0.460. The standard InChI is InChI=1S/C20H22F3N5O/c1-3-27(4-2)12-6-11-24-20-25-18(23)13-9-10-16(29)28(19(13)26-20)17-14(21)7-5-8-15(17)22/h5,7-10H,3-4,6,11-12H2,1-2H3,(H,24,25,26). The normalized spacial score (nSPS) is 11.4. The van der Waals surface area contributed by atoms with E-state index in [1.165, 1.54) is 12.1 Å². The number of nitrogens with one attached hydrogen (secondary N) is 1. The Labute approximate surface area is 166 Å². The Kier molecular flexibility index (Phi) is 6.48. The van der Waals surface area contributed by atoms with Gasteiger partial charge in [0.05, 0.1) is 5.39 Å². The SMILES string of the molecule is CCN(CC)CCCNc1nc(F)c2ccc(=O)n(-c3c(F)cccc3F)c2n1. The highest BCUT2D eigenvalue weighted by Crippen LogP contribution is 2.22. The maximum atomic E-state index is 14.5. The van der Waals surface area contributed by atoms with Gasteiger partial charge in [0.1, 0.15) is 17.3 Å². The molecule has 0 radical (unpaired) electrons. The first kappa shape index (κ1) is 20.8. The summed E-state index contributed by atoms with van der Waals surface area (Å²) < 4.78 is 43.8. The zero-order chi connectivity index (χ0) is 21.0. The van der Waals surface area contributed by atoms with E-state index in [4.69, 9.17) is 0 Å². The van der Waals surface area contributed by atoms with Gasteiger partial charge >= 0.3 is 0 Å². The molecule has 0 aliphatic rings. The summed E-state index contributed by atoms with van der Waals surface area (Å²) in [7, 11) is 0.